The molecule has 1 aromatic heterocycles. The molecule has 0 radical (unpaired) electrons. The fourth-order valence-electron chi connectivity index (χ4n) is 5.24. The van der Waals surface area contributed by atoms with E-state index in [1.54, 1.807) is 18.5 Å². The van der Waals surface area contributed by atoms with Crippen molar-refractivity contribution in [1.29, 1.82) is 10.5 Å². The van der Waals surface area contributed by atoms with Gasteiger partial charge in [0.1, 0.15) is 11.3 Å². The molecule has 1 saturated heterocycles. The van der Waals surface area contributed by atoms with Crippen LogP contribution in [0.2, 0.25) is 0 Å². The lowest BCUT2D eigenvalue weighted by Gasteiger charge is -2.32. The number of nitrogens with zero attached hydrogens (tertiary/aromatic N) is 5. The van der Waals surface area contributed by atoms with E-state index < -0.39 is 17.7 Å². The lowest BCUT2D eigenvalue weighted by atomic mass is 9.81. The Balaban J connectivity index is 1.24. The Bertz CT molecular complexity index is 1360. The minimum Gasteiger partial charge on any atom is -0.330 e. The van der Waals surface area contributed by atoms with Gasteiger partial charge in [-0.1, -0.05) is 0 Å². The molecule has 178 valence electrons. The molecule has 1 amide bonds. The minimum absolute atomic E-state index is 0.109. The molecular weight excluding hydrogens is 452 g/mol. The van der Waals surface area contributed by atoms with Crippen molar-refractivity contribution in [3.05, 3.63) is 65.0 Å². The Morgan fingerprint density at radius 3 is 2.51 bits per heavy atom. The molecule has 1 saturated carbocycles. The summed E-state index contributed by atoms with van der Waals surface area (Å²) in [6.45, 7) is 0.994. The van der Waals surface area contributed by atoms with E-state index in [1.807, 2.05) is 16.7 Å². The van der Waals surface area contributed by atoms with Gasteiger partial charge in [-0.3, -0.25) is 9.63 Å². The van der Waals surface area contributed by atoms with Gasteiger partial charge in [-0.15, -0.1) is 0 Å². The van der Waals surface area contributed by atoms with Gasteiger partial charge < -0.3 is 4.57 Å². The molecule has 3 aromatic rings. The van der Waals surface area contributed by atoms with Crippen molar-refractivity contribution in [2.75, 3.05) is 6.61 Å². The zero-order valence-corrected chi connectivity index (χ0v) is 19.0. The number of aromatic nitrogens is 2. The van der Waals surface area contributed by atoms with Crippen molar-refractivity contribution in [3.8, 4) is 12.1 Å². The van der Waals surface area contributed by atoms with E-state index in [0.29, 0.717) is 49.4 Å². The number of rotatable bonds is 4. The molecule has 2 aliphatic rings. The molecule has 0 N–H and O–H groups in total. The number of hydrogen-bond acceptors (Lipinski definition) is 5. The van der Waals surface area contributed by atoms with E-state index in [2.05, 4.69) is 4.98 Å². The van der Waals surface area contributed by atoms with Crippen molar-refractivity contribution >= 4 is 16.9 Å². The maximum atomic E-state index is 14.2. The van der Waals surface area contributed by atoms with Crippen LogP contribution >= 0.6 is 0 Å². The zero-order chi connectivity index (χ0) is 24.5. The molecule has 2 heterocycles. The fraction of sp³-hybridized carbons (Fsp3) is 0.385. The number of carbonyl (C=O) groups excluding carboxylic acids is 1. The van der Waals surface area contributed by atoms with Gasteiger partial charge in [-0.2, -0.15) is 10.5 Å². The van der Waals surface area contributed by atoms with Gasteiger partial charge in [0.2, 0.25) is 5.91 Å². The van der Waals surface area contributed by atoms with Crippen LogP contribution in [0, 0.1) is 46.1 Å². The quantitative estimate of drug-likeness (QED) is 0.542. The number of carbonyl (C=O) groups is 1. The van der Waals surface area contributed by atoms with Crippen LogP contribution in [-0.4, -0.2) is 27.1 Å². The van der Waals surface area contributed by atoms with Crippen LogP contribution in [0.5, 0.6) is 0 Å². The largest absolute Gasteiger partial charge is 0.330 e. The number of hydrogen-bond donors (Lipinski definition) is 0. The van der Waals surface area contributed by atoms with Crippen LogP contribution in [0.1, 0.15) is 54.8 Å². The highest BCUT2D eigenvalue weighted by molar-refractivity contribution is 5.79. The highest BCUT2D eigenvalue weighted by atomic mass is 19.1. The summed E-state index contributed by atoms with van der Waals surface area (Å²) in [6.07, 6.45) is 5.15. The first-order valence-electron chi connectivity index (χ1n) is 11.7. The first kappa shape index (κ1) is 22.9. The number of imidazole rings is 1. The van der Waals surface area contributed by atoms with Gasteiger partial charge >= 0.3 is 0 Å². The second-order valence-electron chi connectivity index (χ2n) is 9.24. The highest BCUT2D eigenvalue weighted by Gasteiger charge is 2.37. The molecule has 0 bridgehead atoms. The van der Waals surface area contributed by atoms with E-state index in [1.165, 1.54) is 23.3 Å². The first-order chi connectivity index (χ1) is 17.0. The average molecular weight is 475 g/mol. The first-order valence-corrected chi connectivity index (χ1v) is 11.7. The van der Waals surface area contributed by atoms with Crippen molar-refractivity contribution in [2.45, 2.75) is 44.7 Å². The molecule has 1 aliphatic heterocycles. The normalized spacial score (nSPS) is 22.2. The molecule has 1 atom stereocenters. The SMILES string of the molecule is N#Cc1cc(F)cc([C@@H]2CCON2C(=O)[C@H]2CC[C@H](Cn3cnc4c(F)cc(C#N)cc43)CC2)c1. The van der Waals surface area contributed by atoms with E-state index in [9.17, 15) is 13.6 Å². The van der Waals surface area contributed by atoms with Gasteiger partial charge in [0.15, 0.2) is 5.82 Å². The lowest BCUT2D eigenvalue weighted by molar-refractivity contribution is -0.183. The smallest absolute Gasteiger partial charge is 0.249 e. The molecule has 7 nitrogen and oxygen atoms in total. The summed E-state index contributed by atoms with van der Waals surface area (Å²) in [5.41, 5.74) is 1.89. The highest BCUT2D eigenvalue weighted by Crippen LogP contribution is 2.37. The van der Waals surface area contributed by atoms with Crippen LogP contribution in [0.15, 0.2) is 36.7 Å². The van der Waals surface area contributed by atoms with Gasteiger partial charge in [0.25, 0.3) is 0 Å². The summed E-state index contributed by atoms with van der Waals surface area (Å²) in [5.74, 6) is -1.03. The molecule has 1 aliphatic carbocycles. The van der Waals surface area contributed by atoms with Crippen molar-refractivity contribution in [2.24, 2.45) is 11.8 Å². The summed E-state index contributed by atoms with van der Waals surface area (Å²) in [7, 11) is 0. The van der Waals surface area contributed by atoms with Crippen LogP contribution in [0.25, 0.3) is 11.0 Å². The summed E-state index contributed by atoms with van der Waals surface area (Å²) >= 11 is 0. The van der Waals surface area contributed by atoms with Gasteiger partial charge in [0, 0.05) is 18.9 Å². The topological polar surface area (TPSA) is 94.9 Å². The molecule has 5 rings (SSSR count). The fourth-order valence-corrected chi connectivity index (χ4v) is 5.24. The number of hydroxylamine groups is 2. The Kier molecular flexibility index (Phi) is 6.19. The van der Waals surface area contributed by atoms with E-state index in [4.69, 9.17) is 15.4 Å². The predicted octanol–water partition coefficient (Wildman–Crippen LogP) is 4.77. The maximum absolute atomic E-state index is 14.2. The van der Waals surface area contributed by atoms with Crippen LogP contribution < -0.4 is 0 Å². The third kappa shape index (κ3) is 4.48. The third-order valence-electron chi connectivity index (χ3n) is 7.01. The minimum atomic E-state index is -0.507. The zero-order valence-electron chi connectivity index (χ0n) is 19.0. The van der Waals surface area contributed by atoms with Gasteiger partial charge in [0.05, 0.1) is 47.8 Å². The van der Waals surface area contributed by atoms with Crippen molar-refractivity contribution in [3.63, 3.8) is 0 Å². The molecular formula is C26H23F2N5O2. The summed E-state index contributed by atoms with van der Waals surface area (Å²) < 4.78 is 30.1. The molecule has 2 fully saturated rings. The second-order valence-corrected chi connectivity index (χ2v) is 9.24. The number of halogens is 2. The number of benzene rings is 2. The summed E-state index contributed by atoms with van der Waals surface area (Å²) in [4.78, 5) is 23.1. The Labute approximate surface area is 201 Å². The molecule has 35 heavy (non-hydrogen) atoms. The molecule has 2 aromatic carbocycles. The molecule has 9 heteroatoms. The van der Waals surface area contributed by atoms with Crippen molar-refractivity contribution < 1.29 is 18.4 Å². The lowest BCUT2D eigenvalue weighted by Crippen LogP contribution is -2.37. The summed E-state index contributed by atoms with van der Waals surface area (Å²) in [5, 5.41) is 19.7. The maximum Gasteiger partial charge on any atom is 0.249 e. The van der Waals surface area contributed by atoms with Crippen molar-refractivity contribution in [1.82, 2.24) is 14.6 Å². The number of nitriles is 2. The van der Waals surface area contributed by atoms with E-state index in [-0.39, 0.29) is 28.5 Å². The summed E-state index contributed by atoms with van der Waals surface area (Å²) in [6, 6.07) is 10.5. The molecule has 0 unspecified atom stereocenters. The van der Waals surface area contributed by atoms with Crippen LogP contribution in [-0.2, 0) is 16.2 Å². The van der Waals surface area contributed by atoms with E-state index >= 15 is 0 Å². The monoisotopic (exact) mass is 475 g/mol. The predicted molar refractivity (Wildman–Crippen MR) is 121 cm³/mol. The standard InChI is InChI=1S/C26H23F2N5O2/c27-21-8-17(12-29)7-20(11-21)23-5-6-35-33(23)26(34)19-3-1-16(2-4-19)14-32-15-31-25-22(28)9-18(13-30)10-24(25)32/h7-11,15-16,19,23H,1-6,14H2/t16-,19-,23-/m0/s1. The average Bonchev–Trinajstić information content (AvgIpc) is 3.51. The van der Waals surface area contributed by atoms with E-state index in [0.717, 1.165) is 12.8 Å². The Morgan fingerprint density at radius 1 is 1.03 bits per heavy atom. The van der Waals surface area contributed by atoms with Gasteiger partial charge in [-0.05, 0) is 67.5 Å². The number of amides is 1. The third-order valence-corrected chi connectivity index (χ3v) is 7.01. The number of fused-ring (bicyclic) bond motifs is 1. The Hall–Kier alpha value is -3.82. The van der Waals surface area contributed by atoms with Gasteiger partial charge in [-0.25, -0.2) is 18.8 Å². The second kappa shape index (κ2) is 9.44. The van der Waals surface area contributed by atoms with Crippen LogP contribution in [0.4, 0.5) is 8.78 Å². The Morgan fingerprint density at radius 2 is 1.77 bits per heavy atom. The molecule has 0 spiro atoms. The van der Waals surface area contributed by atoms with Crippen LogP contribution in [0.3, 0.4) is 0 Å².